The highest BCUT2D eigenvalue weighted by Gasteiger charge is 1.93. The number of allylic oxidation sites excluding steroid dienone is 3. The van der Waals surface area contributed by atoms with Gasteiger partial charge in [-0.05, 0) is 26.3 Å². The molecule has 0 radical (unpaired) electrons. The highest BCUT2D eigenvalue weighted by Crippen LogP contribution is 2.08. The fourth-order valence-corrected chi connectivity index (χ4v) is 0.537. The SMILES string of the molecule is C=C(C)/C(C)=C(\C)NC=N. The Morgan fingerprint density at radius 1 is 1.40 bits per heavy atom. The van der Waals surface area contributed by atoms with Gasteiger partial charge in [0.05, 0.1) is 6.34 Å². The lowest BCUT2D eigenvalue weighted by atomic mass is 10.1. The quantitative estimate of drug-likeness (QED) is 0.349. The summed E-state index contributed by atoms with van der Waals surface area (Å²) in [7, 11) is 0. The van der Waals surface area contributed by atoms with Crippen molar-refractivity contribution < 1.29 is 0 Å². The number of rotatable bonds is 3. The second kappa shape index (κ2) is 3.88. The second-order valence-electron chi connectivity index (χ2n) is 2.32. The number of hydrogen-bond donors (Lipinski definition) is 2. The van der Waals surface area contributed by atoms with Crippen LogP contribution in [-0.4, -0.2) is 6.34 Å². The van der Waals surface area contributed by atoms with Gasteiger partial charge in [-0.3, -0.25) is 5.41 Å². The Morgan fingerprint density at radius 3 is 2.20 bits per heavy atom. The average molecular weight is 138 g/mol. The minimum atomic E-state index is 0.988. The zero-order valence-corrected chi connectivity index (χ0v) is 6.78. The molecule has 0 aliphatic heterocycles. The maximum atomic E-state index is 6.77. The van der Waals surface area contributed by atoms with E-state index < -0.39 is 0 Å². The average Bonchev–Trinajstić information content (AvgIpc) is 1.87. The minimum absolute atomic E-state index is 0.988. The largest absolute Gasteiger partial charge is 0.350 e. The van der Waals surface area contributed by atoms with Crippen molar-refractivity contribution in [1.29, 1.82) is 5.41 Å². The van der Waals surface area contributed by atoms with E-state index in [2.05, 4.69) is 11.9 Å². The van der Waals surface area contributed by atoms with Crippen LogP contribution in [0, 0.1) is 5.41 Å². The van der Waals surface area contributed by atoms with Crippen LogP contribution in [-0.2, 0) is 0 Å². The van der Waals surface area contributed by atoms with Gasteiger partial charge in [-0.25, -0.2) is 0 Å². The Morgan fingerprint density at radius 2 is 1.90 bits per heavy atom. The first-order valence-electron chi connectivity index (χ1n) is 3.18. The van der Waals surface area contributed by atoms with E-state index in [1.807, 2.05) is 20.8 Å². The van der Waals surface area contributed by atoms with Crippen LogP contribution in [0.15, 0.2) is 23.4 Å². The van der Waals surface area contributed by atoms with Crippen molar-refractivity contribution in [3.8, 4) is 0 Å². The van der Waals surface area contributed by atoms with E-state index in [9.17, 15) is 0 Å². The molecule has 0 aromatic carbocycles. The number of hydrogen-bond acceptors (Lipinski definition) is 1. The van der Waals surface area contributed by atoms with Crippen molar-refractivity contribution in [3.05, 3.63) is 23.4 Å². The third-order valence-electron chi connectivity index (χ3n) is 1.49. The van der Waals surface area contributed by atoms with Gasteiger partial charge in [0.25, 0.3) is 0 Å². The highest BCUT2D eigenvalue weighted by molar-refractivity contribution is 5.54. The van der Waals surface area contributed by atoms with E-state index in [0.717, 1.165) is 16.8 Å². The predicted octanol–water partition coefficient (Wildman–Crippen LogP) is 2.05. The van der Waals surface area contributed by atoms with Gasteiger partial charge in [-0.15, -0.1) is 0 Å². The molecule has 0 amide bonds. The molecule has 0 saturated carbocycles. The van der Waals surface area contributed by atoms with Crippen LogP contribution in [0.5, 0.6) is 0 Å². The normalized spacial score (nSPS) is 11.9. The molecule has 0 atom stereocenters. The van der Waals surface area contributed by atoms with Crippen molar-refractivity contribution in [2.45, 2.75) is 20.8 Å². The van der Waals surface area contributed by atoms with Crippen molar-refractivity contribution in [2.75, 3.05) is 0 Å². The molecule has 0 spiro atoms. The molecule has 10 heavy (non-hydrogen) atoms. The maximum absolute atomic E-state index is 6.77. The predicted molar refractivity (Wildman–Crippen MR) is 45.1 cm³/mol. The minimum Gasteiger partial charge on any atom is -0.350 e. The molecule has 0 aromatic heterocycles. The molecule has 2 N–H and O–H groups in total. The highest BCUT2D eigenvalue weighted by atomic mass is 14.9. The molecule has 56 valence electrons. The first-order chi connectivity index (χ1) is 4.59. The van der Waals surface area contributed by atoms with Crippen LogP contribution in [0.3, 0.4) is 0 Å². The van der Waals surface area contributed by atoms with Gasteiger partial charge in [0.15, 0.2) is 0 Å². The zero-order valence-electron chi connectivity index (χ0n) is 6.78. The van der Waals surface area contributed by atoms with Gasteiger partial charge in [0.2, 0.25) is 0 Å². The monoisotopic (exact) mass is 138 g/mol. The van der Waals surface area contributed by atoms with Crippen molar-refractivity contribution in [2.24, 2.45) is 0 Å². The molecule has 2 nitrogen and oxygen atoms in total. The molecule has 0 rings (SSSR count). The molecule has 0 bridgehead atoms. The van der Waals surface area contributed by atoms with E-state index in [0.29, 0.717) is 0 Å². The standard InChI is InChI=1S/C8H14N2/c1-6(2)7(3)8(4)10-5-9/h5H,1H2,2-4H3,(H2,9,10)/b8-7+. The van der Waals surface area contributed by atoms with Gasteiger partial charge in [-0.1, -0.05) is 12.2 Å². The lowest BCUT2D eigenvalue weighted by Gasteiger charge is -2.05. The summed E-state index contributed by atoms with van der Waals surface area (Å²) in [5.41, 5.74) is 3.14. The van der Waals surface area contributed by atoms with E-state index in [1.54, 1.807) is 0 Å². The Kier molecular flexibility index (Phi) is 3.47. The Balaban J connectivity index is 4.33. The zero-order chi connectivity index (χ0) is 8.15. The molecule has 0 fully saturated rings. The van der Waals surface area contributed by atoms with Crippen LogP contribution in [0.4, 0.5) is 0 Å². The summed E-state index contributed by atoms with van der Waals surface area (Å²) in [4.78, 5) is 0. The molecule has 0 aromatic rings. The fraction of sp³-hybridized carbons (Fsp3) is 0.375. The fourth-order valence-electron chi connectivity index (χ4n) is 0.537. The van der Waals surface area contributed by atoms with Gasteiger partial charge >= 0.3 is 0 Å². The summed E-state index contributed by atoms with van der Waals surface area (Å²) in [6.07, 6.45) is 1.17. The molecule has 2 heteroatoms. The summed E-state index contributed by atoms with van der Waals surface area (Å²) in [5, 5.41) is 9.55. The Bertz CT molecular complexity index is 178. The van der Waals surface area contributed by atoms with Gasteiger partial charge in [0.1, 0.15) is 0 Å². The summed E-state index contributed by atoms with van der Waals surface area (Å²) >= 11 is 0. The molecule has 0 aliphatic rings. The third kappa shape index (κ3) is 2.49. The molecule has 0 unspecified atom stereocenters. The van der Waals surface area contributed by atoms with Crippen LogP contribution in [0.2, 0.25) is 0 Å². The van der Waals surface area contributed by atoms with Crippen LogP contribution >= 0.6 is 0 Å². The van der Waals surface area contributed by atoms with E-state index in [-0.39, 0.29) is 0 Å². The van der Waals surface area contributed by atoms with Gasteiger partial charge < -0.3 is 5.32 Å². The topological polar surface area (TPSA) is 35.9 Å². The smallest absolute Gasteiger partial charge is 0.0832 e. The van der Waals surface area contributed by atoms with Gasteiger partial charge in [-0.2, -0.15) is 0 Å². The lowest BCUT2D eigenvalue weighted by molar-refractivity contribution is 1.08. The summed E-state index contributed by atoms with van der Waals surface area (Å²) < 4.78 is 0. The van der Waals surface area contributed by atoms with Gasteiger partial charge in [0, 0.05) is 5.70 Å². The van der Waals surface area contributed by atoms with E-state index >= 15 is 0 Å². The molecule has 0 heterocycles. The van der Waals surface area contributed by atoms with Crippen LogP contribution in [0.25, 0.3) is 0 Å². The van der Waals surface area contributed by atoms with Crippen molar-refractivity contribution in [1.82, 2.24) is 5.32 Å². The summed E-state index contributed by atoms with van der Waals surface area (Å²) in [5.74, 6) is 0. The van der Waals surface area contributed by atoms with Crippen LogP contribution in [0.1, 0.15) is 20.8 Å². The first-order valence-corrected chi connectivity index (χ1v) is 3.18. The summed E-state index contributed by atoms with van der Waals surface area (Å²) in [6.45, 7) is 9.64. The van der Waals surface area contributed by atoms with Crippen LogP contribution < -0.4 is 5.32 Å². The third-order valence-corrected chi connectivity index (χ3v) is 1.49. The molecular formula is C8H14N2. The summed E-state index contributed by atoms with van der Waals surface area (Å²) in [6, 6.07) is 0. The molecule has 0 saturated heterocycles. The number of nitrogens with one attached hydrogen (secondary N) is 2. The lowest BCUT2D eigenvalue weighted by Crippen LogP contribution is -2.08. The Hall–Kier alpha value is -1.05. The molecule has 0 aliphatic carbocycles. The molecular weight excluding hydrogens is 124 g/mol. The van der Waals surface area contributed by atoms with E-state index in [1.165, 1.54) is 6.34 Å². The Labute approximate surface area is 62.1 Å². The van der Waals surface area contributed by atoms with Crippen molar-refractivity contribution >= 4 is 6.34 Å². The maximum Gasteiger partial charge on any atom is 0.0832 e. The van der Waals surface area contributed by atoms with Crippen molar-refractivity contribution in [3.63, 3.8) is 0 Å². The second-order valence-corrected chi connectivity index (χ2v) is 2.32. The first kappa shape index (κ1) is 8.95. The van der Waals surface area contributed by atoms with E-state index in [4.69, 9.17) is 5.41 Å².